The van der Waals surface area contributed by atoms with Gasteiger partial charge in [-0.15, -0.1) is 0 Å². The maximum absolute atomic E-state index is 12.4. The fraction of sp³-hybridized carbons (Fsp3) is 0.375. The first-order chi connectivity index (χ1) is 10.2. The Morgan fingerprint density at radius 1 is 1.24 bits per heavy atom. The molecule has 0 radical (unpaired) electrons. The Labute approximate surface area is 123 Å². The predicted octanol–water partition coefficient (Wildman–Crippen LogP) is 2.31. The molecule has 1 aliphatic heterocycles. The van der Waals surface area contributed by atoms with E-state index in [1.807, 2.05) is 25.1 Å². The molecule has 0 saturated heterocycles. The van der Waals surface area contributed by atoms with Crippen LogP contribution in [0.4, 0.5) is 0 Å². The van der Waals surface area contributed by atoms with Gasteiger partial charge in [-0.3, -0.25) is 0 Å². The summed E-state index contributed by atoms with van der Waals surface area (Å²) in [7, 11) is 0. The number of esters is 2. The molecule has 1 aliphatic rings. The number of benzene rings is 1. The zero-order chi connectivity index (χ0) is 15.1. The van der Waals surface area contributed by atoms with Gasteiger partial charge in [-0.2, -0.15) is 0 Å². The third-order valence-electron chi connectivity index (χ3n) is 3.13. The number of carbonyl (C=O) groups excluding carboxylic acids is 2. The van der Waals surface area contributed by atoms with Gasteiger partial charge < -0.3 is 14.2 Å². The van der Waals surface area contributed by atoms with Crippen LogP contribution in [0.25, 0.3) is 0 Å². The summed E-state index contributed by atoms with van der Waals surface area (Å²) >= 11 is 0. The molecule has 1 unspecified atom stereocenters. The van der Waals surface area contributed by atoms with E-state index in [0.717, 1.165) is 6.42 Å². The van der Waals surface area contributed by atoms with Crippen LogP contribution in [0, 0.1) is 0 Å². The Hall–Kier alpha value is -2.30. The summed E-state index contributed by atoms with van der Waals surface area (Å²) in [6.45, 7) is 1.80. The van der Waals surface area contributed by atoms with Gasteiger partial charge in [0.15, 0.2) is 6.61 Å². The molecule has 0 saturated carbocycles. The lowest BCUT2D eigenvalue weighted by molar-refractivity contribution is -0.172. The van der Waals surface area contributed by atoms with E-state index in [1.165, 1.54) is 6.26 Å². The van der Waals surface area contributed by atoms with Crippen LogP contribution in [0.1, 0.15) is 25.3 Å². The summed E-state index contributed by atoms with van der Waals surface area (Å²) < 4.78 is 15.4. The average Bonchev–Trinajstić information content (AvgIpc) is 3.02. The molecular formula is C16H18O5. The molecule has 1 aromatic rings. The van der Waals surface area contributed by atoms with Crippen molar-refractivity contribution >= 4 is 11.9 Å². The Balaban J connectivity index is 2.02. The minimum absolute atomic E-state index is 0.318. The summed E-state index contributed by atoms with van der Waals surface area (Å²) in [5, 5.41) is 0. The second kappa shape index (κ2) is 6.92. The number of ether oxygens (including phenoxy) is 3. The van der Waals surface area contributed by atoms with E-state index in [0.29, 0.717) is 18.6 Å². The SMILES string of the molecule is CCCOC(=O)COC(=O)C1(c2ccccc2)CC=CO1. The monoisotopic (exact) mass is 290 g/mol. The van der Waals surface area contributed by atoms with Crippen molar-refractivity contribution in [3.63, 3.8) is 0 Å². The highest BCUT2D eigenvalue weighted by atomic mass is 16.6. The van der Waals surface area contributed by atoms with Crippen LogP contribution in [0.15, 0.2) is 42.7 Å². The van der Waals surface area contributed by atoms with Crippen LogP contribution in [0.3, 0.4) is 0 Å². The molecule has 0 spiro atoms. The summed E-state index contributed by atoms with van der Waals surface area (Å²) in [5.41, 5.74) is -0.506. The molecule has 1 aromatic carbocycles. The molecule has 21 heavy (non-hydrogen) atoms. The topological polar surface area (TPSA) is 61.8 Å². The predicted molar refractivity (Wildman–Crippen MR) is 75.2 cm³/mol. The smallest absolute Gasteiger partial charge is 0.356 e. The van der Waals surface area contributed by atoms with Gasteiger partial charge >= 0.3 is 11.9 Å². The van der Waals surface area contributed by atoms with E-state index < -0.39 is 24.1 Å². The van der Waals surface area contributed by atoms with E-state index in [1.54, 1.807) is 18.2 Å². The second-order valence-electron chi connectivity index (χ2n) is 4.68. The molecule has 5 heteroatoms. The fourth-order valence-corrected chi connectivity index (χ4v) is 2.07. The molecule has 0 aromatic heterocycles. The molecule has 0 N–H and O–H groups in total. The molecule has 0 amide bonds. The maximum Gasteiger partial charge on any atom is 0.356 e. The van der Waals surface area contributed by atoms with Gasteiger partial charge in [-0.05, 0) is 12.5 Å². The van der Waals surface area contributed by atoms with Crippen molar-refractivity contribution in [2.45, 2.75) is 25.4 Å². The van der Waals surface area contributed by atoms with E-state index in [2.05, 4.69) is 0 Å². The summed E-state index contributed by atoms with van der Waals surface area (Å²) in [6, 6.07) is 9.09. The van der Waals surface area contributed by atoms with Gasteiger partial charge in [-0.1, -0.05) is 37.3 Å². The van der Waals surface area contributed by atoms with E-state index in [4.69, 9.17) is 14.2 Å². The minimum atomic E-state index is -1.20. The lowest BCUT2D eigenvalue weighted by Gasteiger charge is -2.26. The highest BCUT2D eigenvalue weighted by molar-refractivity contribution is 5.84. The fourth-order valence-electron chi connectivity index (χ4n) is 2.07. The van der Waals surface area contributed by atoms with Gasteiger partial charge in [0.2, 0.25) is 5.60 Å². The molecule has 5 nitrogen and oxygen atoms in total. The number of hydrogen-bond donors (Lipinski definition) is 0. The lowest BCUT2D eigenvalue weighted by Crippen LogP contribution is -2.38. The van der Waals surface area contributed by atoms with Crippen molar-refractivity contribution in [1.29, 1.82) is 0 Å². The molecule has 1 atom stereocenters. The van der Waals surface area contributed by atoms with Gasteiger partial charge in [0.05, 0.1) is 12.9 Å². The van der Waals surface area contributed by atoms with Gasteiger partial charge in [0.1, 0.15) is 0 Å². The normalized spacial score (nSPS) is 19.9. The Morgan fingerprint density at radius 2 is 2.00 bits per heavy atom. The first-order valence-electron chi connectivity index (χ1n) is 6.90. The third-order valence-corrected chi connectivity index (χ3v) is 3.13. The van der Waals surface area contributed by atoms with Gasteiger partial charge in [0.25, 0.3) is 0 Å². The Morgan fingerprint density at radius 3 is 2.62 bits per heavy atom. The van der Waals surface area contributed by atoms with Crippen LogP contribution in [0.5, 0.6) is 0 Å². The van der Waals surface area contributed by atoms with Crippen molar-refractivity contribution in [2.75, 3.05) is 13.2 Å². The van der Waals surface area contributed by atoms with E-state index in [-0.39, 0.29) is 0 Å². The Bertz CT molecular complexity index is 513. The number of hydrogen-bond acceptors (Lipinski definition) is 5. The lowest BCUT2D eigenvalue weighted by atomic mass is 9.91. The standard InChI is InChI=1S/C16H18O5/c1-2-10-19-14(17)12-20-15(18)16(9-6-11-21-16)13-7-4-3-5-8-13/h3-8,11H,2,9-10,12H2,1H3. The third kappa shape index (κ3) is 3.42. The van der Waals surface area contributed by atoms with Crippen molar-refractivity contribution < 1.29 is 23.8 Å². The van der Waals surface area contributed by atoms with Crippen LogP contribution in [-0.2, 0) is 29.4 Å². The maximum atomic E-state index is 12.4. The van der Waals surface area contributed by atoms with Crippen LogP contribution >= 0.6 is 0 Å². The van der Waals surface area contributed by atoms with Crippen LogP contribution in [0.2, 0.25) is 0 Å². The molecule has 1 heterocycles. The van der Waals surface area contributed by atoms with Crippen molar-refractivity contribution in [1.82, 2.24) is 0 Å². The summed E-state index contributed by atoms with van der Waals surface area (Å²) in [6.07, 6.45) is 4.33. The minimum Gasteiger partial charge on any atom is -0.478 e. The average molecular weight is 290 g/mol. The van der Waals surface area contributed by atoms with E-state index in [9.17, 15) is 9.59 Å². The zero-order valence-corrected chi connectivity index (χ0v) is 11.9. The largest absolute Gasteiger partial charge is 0.478 e. The first-order valence-corrected chi connectivity index (χ1v) is 6.90. The Kier molecular flexibility index (Phi) is 4.98. The summed E-state index contributed by atoms with van der Waals surface area (Å²) in [5.74, 6) is -1.15. The molecular weight excluding hydrogens is 272 g/mol. The highest BCUT2D eigenvalue weighted by Gasteiger charge is 2.45. The van der Waals surface area contributed by atoms with Crippen LogP contribution in [-0.4, -0.2) is 25.2 Å². The van der Waals surface area contributed by atoms with Crippen molar-refractivity contribution in [2.24, 2.45) is 0 Å². The molecule has 0 fully saturated rings. The molecule has 0 aliphatic carbocycles. The summed E-state index contributed by atoms with van der Waals surface area (Å²) in [4.78, 5) is 23.8. The van der Waals surface area contributed by atoms with E-state index >= 15 is 0 Å². The van der Waals surface area contributed by atoms with Gasteiger partial charge in [-0.25, -0.2) is 9.59 Å². The highest BCUT2D eigenvalue weighted by Crippen LogP contribution is 2.35. The second-order valence-corrected chi connectivity index (χ2v) is 4.68. The molecule has 112 valence electrons. The molecule has 2 rings (SSSR count). The number of carbonyl (C=O) groups is 2. The zero-order valence-electron chi connectivity index (χ0n) is 11.9. The van der Waals surface area contributed by atoms with Crippen molar-refractivity contribution in [3.05, 3.63) is 48.2 Å². The number of rotatable bonds is 6. The van der Waals surface area contributed by atoms with Crippen molar-refractivity contribution in [3.8, 4) is 0 Å². The quantitative estimate of drug-likeness (QED) is 0.752. The van der Waals surface area contributed by atoms with Crippen LogP contribution < -0.4 is 0 Å². The molecule has 0 bridgehead atoms. The van der Waals surface area contributed by atoms with Gasteiger partial charge in [0, 0.05) is 12.0 Å². The first kappa shape index (κ1) is 15.1.